The van der Waals surface area contributed by atoms with E-state index in [-0.39, 0.29) is 0 Å². The summed E-state index contributed by atoms with van der Waals surface area (Å²) in [6, 6.07) is 7.47. The highest BCUT2D eigenvalue weighted by Crippen LogP contribution is 2.30. The molecule has 1 aromatic carbocycles. The topological polar surface area (TPSA) is 49.4 Å². The molecular formula is C11H16N2O2S. The number of fused-ring (bicyclic) bond motifs is 1. The zero-order chi connectivity index (χ0) is 12.0. The van der Waals surface area contributed by atoms with Crippen molar-refractivity contribution >= 4 is 15.9 Å². The number of hydrogen-bond acceptors (Lipinski definition) is 2. The van der Waals surface area contributed by atoms with Crippen molar-refractivity contribution in [3.05, 3.63) is 29.8 Å². The summed E-state index contributed by atoms with van der Waals surface area (Å²) in [6.07, 6.45) is 0. The van der Waals surface area contributed by atoms with Crippen molar-refractivity contribution in [3.63, 3.8) is 0 Å². The van der Waals surface area contributed by atoms with Gasteiger partial charge in [-0.15, -0.1) is 0 Å². The van der Waals surface area contributed by atoms with Crippen molar-refractivity contribution in [3.8, 4) is 0 Å². The van der Waals surface area contributed by atoms with Crippen LogP contribution < -0.4 is 4.72 Å². The summed E-state index contributed by atoms with van der Waals surface area (Å²) in [5.41, 5.74) is 1.27. The Hall–Kier alpha value is -1.07. The molecular weight excluding hydrogens is 224 g/mol. The van der Waals surface area contributed by atoms with Gasteiger partial charge in [-0.2, -0.15) is 12.7 Å². The third-order valence-electron chi connectivity index (χ3n) is 2.61. The highest BCUT2D eigenvalue weighted by atomic mass is 32.2. The van der Waals surface area contributed by atoms with Crippen LogP contribution in [0.5, 0.6) is 0 Å². The van der Waals surface area contributed by atoms with E-state index in [9.17, 15) is 8.42 Å². The number of para-hydroxylation sites is 1. The van der Waals surface area contributed by atoms with Crippen molar-refractivity contribution in [2.45, 2.75) is 32.9 Å². The van der Waals surface area contributed by atoms with E-state index in [2.05, 4.69) is 4.72 Å². The van der Waals surface area contributed by atoms with Crippen LogP contribution in [0.2, 0.25) is 0 Å². The van der Waals surface area contributed by atoms with Crippen molar-refractivity contribution < 1.29 is 8.42 Å². The van der Waals surface area contributed by atoms with Gasteiger partial charge in [0.05, 0.1) is 5.69 Å². The summed E-state index contributed by atoms with van der Waals surface area (Å²) in [4.78, 5) is 0. The van der Waals surface area contributed by atoms with Crippen LogP contribution >= 0.6 is 0 Å². The molecule has 0 unspecified atom stereocenters. The fourth-order valence-corrected chi connectivity index (χ4v) is 3.41. The highest BCUT2D eigenvalue weighted by Gasteiger charge is 2.36. The van der Waals surface area contributed by atoms with Gasteiger partial charge in [0.25, 0.3) is 0 Å². The van der Waals surface area contributed by atoms with Gasteiger partial charge in [-0.3, -0.25) is 4.72 Å². The summed E-state index contributed by atoms with van der Waals surface area (Å²) < 4.78 is 28.1. The summed E-state index contributed by atoms with van der Waals surface area (Å²) in [6.45, 7) is 6.09. The van der Waals surface area contributed by atoms with Gasteiger partial charge < -0.3 is 0 Å². The Morgan fingerprint density at radius 1 is 1.25 bits per heavy atom. The van der Waals surface area contributed by atoms with Gasteiger partial charge in [-0.25, -0.2) is 0 Å². The lowest BCUT2D eigenvalue weighted by molar-refractivity contribution is 0.242. The largest absolute Gasteiger partial charge is 0.302 e. The van der Waals surface area contributed by atoms with Crippen molar-refractivity contribution in [1.82, 2.24) is 4.31 Å². The van der Waals surface area contributed by atoms with Crippen LogP contribution in [-0.2, 0) is 16.8 Å². The Labute approximate surface area is 96.5 Å². The quantitative estimate of drug-likeness (QED) is 0.753. The van der Waals surface area contributed by atoms with Crippen LogP contribution in [-0.4, -0.2) is 18.3 Å². The average Bonchev–Trinajstić information content (AvgIpc) is 2.13. The second kappa shape index (κ2) is 3.46. The maximum atomic E-state index is 12.0. The third-order valence-corrected chi connectivity index (χ3v) is 4.34. The van der Waals surface area contributed by atoms with E-state index in [0.717, 1.165) is 5.56 Å². The van der Waals surface area contributed by atoms with E-state index in [0.29, 0.717) is 12.2 Å². The molecule has 1 aliphatic heterocycles. The van der Waals surface area contributed by atoms with Gasteiger partial charge in [0.2, 0.25) is 0 Å². The molecule has 0 radical (unpaired) electrons. The SMILES string of the molecule is CC(C)(C)N1Cc2ccccc2NS1(=O)=O. The molecule has 5 heteroatoms. The minimum Gasteiger partial charge on any atom is -0.271 e. The summed E-state index contributed by atoms with van der Waals surface area (Å²) in [5.74, 6) is 0. The maximum Gasteiger partial charge on any atom is 0.302 e. The van der Waals surface area contributed by atoms with Gasteiger partial charge in [-0.1, -0.05) is 18.2 Å². The Morgan fingerprint density at radius 3 is 2.50 bits per heavy atom. The number of nitrogens with one attached hydrogen (secondary N) is 1. The monoisotopic (exact) mass is 240 g/mol. The van der Waals surface area contributed by atoms with Crippen molar-refractivity contribution in [2.24, 2.45) is 0 Å². The van der Waals surface area contributed by atoms with Gasteiger partial charge in [0.1, 0.15) is 0 Å². The average molecular weight is 240 g/mol. The molecule has 0 fully saturated rings. The van der Waals surface area contributed by atoms with Gasteiger partial charge in [-0.05, 0) is 32.4 Å². The van der Waals surface area contributed by atoms with E-state index in [1.807, 2.05) is 39.0 Å². The number of benzene rings is 1. The second-order valence-electron chi connectivity index (χ2n) is 4.94. The first kappa shape index (κ1) is 11.4. The smallest absolute Gasteiger partial charge is 0.271 e. The van der Waals surface area contributed by atoms with Gasteiger partial charge in [0.15, 0.2) is 0 Å². The number of anilines is 1. The molecule has 0 aromatic heterocycles. The molecule has 1 aromatic rings. The minimum absolute atomic E-state index is 0.417. The molecule has 1 N–H and O–H groups in total. The maximum absolute atomic E-state index is 12.0. The lowest BCUT2D eigenvalue weighted by Crippen LogP contribution is -2.49. The molecule has 0 saturated carbocycles. The van der Waals surface area contributed by atoms with Crippen LogP contribution in [0, 0.1) is 0 Å². The van der Waals surface area contributed by atoms with E-state index in [1.54, 1.807) is 6.07 Å². The highest BCUT2D eigenvalue weighted by molar-refractivity contribution is 7.90. The normalized spacial score (nSPS) is 19.9. The summed E-state index contributed by atoms with van der Waals surface area (Å²) in [7, 11) is -3.41. The minimum atomic E-state index is -3.41. The molecule has 0 amide bonds. The van der Waals surface area contributed by atoms with Crippen LogP contribution in [0.4, 0.5) is 5.69 Å². The third kappa shape index (κ3) is 1.92. The van der Waals surface area contributed by atoms with E-state index < -0.39 is 15.7 Å². The Balaban J connectivity index is 2.48. The molecule has 1 heterocycles. The predicted octanol–water partition coefficient (Wildman–Crippen LogP) is 1.96. The zero-order valence-corrected chi connectivity index (χ0v) is 10.5. The molecule has 0 saturated heterocycles. The summed E-state index contributed by atoms with van der Waals surface area (Å²) in [5, 5.41) is 0. The molecule has 0 aliphatic carbocycles. The first-order valence-corrected chi connectivity index (χ1v) is 6.63. The number of hydrogen-bond donors (Lipinski definition) is 1. The van der Waals surface area contributed by atoms with Crippen LogP contribution in [0.15, 0.2) is 24.3 Å². The molecule has 4 nitrogen and oxygen atoms in total. The summed E-state index contributed by atoms with van der Waals surface area (Å²) >= 11 is 0. The molecule has 0 spiro atoms. The van der Waals surface area contributed by atoms with Gasteiger partial charge >= 0.3 is 10.2 Å². The standard InChI is InChI=1S/C11H16N2O2S/c1-11(2,3)13-8-9-6-4-5-7-10(9)12-16(13,14)15/h4-7,12H,8H2,1-3H3. The number of nitrogens with zero attached hydrogens (tertiary/aromatic N) is 1. The lowest BCUT2D eigenvalue weighted by atomic mass is 10.1. The Bertz CT molecular complexity index is 503. The zero-order valence-electron chi connectivity index (χ0n) is 9.69. The molecule has 2 rings (SSSR count). The van der Waals surface area contributed by atoms with Crippen LogP contribution in [0.3, 0.4) is 0 Å². The molecule has 1 aliphatic rings. The Kier molecular flexibility index (Phi) is 2.47. The van der Waals surface area contributed by atoms with E-state index >= 15 is 0 Å². The molecule has 16 heavy (non-hydrogen) atoms. The van der Waals surface area contributed by atoms with Crippen LogP contribution in [0.25, 0.3) is 0 Å². The molecule has 88 valence electrons. The first-order chi connectivity index (χ1) is 7.31. The van der Waals surface area contributed by atoms with Crippen molar-refractivity contribution in [1.29, 1.82) is 0 Å². The predicted molar refractivity (Wildman–Crippen MR) is 64.3 cm³/mol. The fraction of sp³-hybridized carbons (Fsp3) is 0.455. The van der Waals surface area contributed by atoms with Crippen LogP contribution in [0.1, 0.15) is 26.3 Å². The van der Waals surface area contributed by atoms with E-state index in [1.165, 1.54) is 4.31 Å². The molecule has 0 bridgehead atoms. The second-order valence-corrected chi connectivity index (χ2v) is 6.54. The first-order valence-electron chi connectivity index (χ1n) is 5.19. The molecule has 0 atom stereocenters. The fourth-order valence-electron chi connectivity index (χ4n) is 1.79. The van der Waals surface area contributed by atoms with Crippen molar-refractivity contribution in [2.75, 3.05) is 4.72 Å². The lowest BCUT2D eigenvalue weighted by Gasteiger charge is -2.38. The Morgan fingerprint density at radius 2 is 1.88 bits per heavy atom. The van der Waals surface area contributed by atoms with Gasteiger partial charge in [0, 0.05) is 12.1 Å². The number of rotatable bonds is 0. The van der Waals surface area contributed by atoms with E-state index in [4.69, 9.17) is 0 Å².